The molecule has 13 heteroatoms. The Balaban J connectivity index is 0.978. The summed E-state index contributed by atoms with van der Waals surface area (Å²) < 4.78 is 25.4. The van der Waals surface area contributed by atoms with Gasteiger partial charge in [-0.2, -0.15) is 0 Å². The van der Waals surface area contributed by atoms with E-state index < -0.39 is 5.82 Å². The minimum atomic E-state index is -0.489. The first kappa shape index (κ1) is 31.5. The van der Waals surface area contributed by atoms with E-state index in [0.717, 1.165) is 56.8 Å². The number of methoxy groups -OCH3 is 1. The summed E-state index contributed by atoms with van der Waals surface area (Å²) in [7, 11) is 1.60. The molecule has 3 amide bonds. The van der Waals surface area contributed by atoms with Crippen LogP contribution in [0.15, 0.2) is 60.9 Å². The number of imide groups is 1. The SMILES string of the molecule is COc1cc2ncnc(Nc3ccc(F)c(Cl)c3)c2cc1OCCCN1CCN(Cc2ccc(N3CCC(=O)NC3=O)cc2)CC1. The van der Waals surface area contributed by atoms with E-state index in [1.807, 2.05) is 36.4 Å². The number of anilines is 3. The van der Waals surface area contributed by atoms with Gasteiger partial charge >= 0.3 is 6.03 Å². The highest BCUT2D eigenvalue weighted by Crippen LogP contribution is 2.35. The quantitative estimate of drug-likeness (QED) is 0.212. The highest BCUT2D eigenvalue weighted by molar-refractivity contribution is 6.31. The summed E-state index contributed by atoms with van der Waals surface area (Å²) in [6, 6.07) is 15.7. The Bertz CT molecular complexity index is 1720. The fraction of sp³-hybridized carbons (Fsp3) is 0.333. The maximum Gasteiger partial charge on any atom is 0.328 e. The lowest BCUT2D eigenvalue weighted by atomic mass is 10.1. The molecule has 11 nitrogen and oxygen atoms in total. The third kappa shape index (κ3) is 7.47. The van der Waals surface area contributed by atoms with Gasteiger partial charge in [-0.1, -0.05) is 23.7 Å². The smallest absolute Gasteiger partial charge is 0.328 e. The van der Waals surface area contributed by atoms with Crippen LogP contribution in [0.25, 0.3) is 10.9 Å². The molecule has 0 saturated carbocycles. The van der Waals surface area contributed by atoms with Crippen LogP contribution in [0, 0.1) is 5.82 Å². The summed E-state index contributed by atoms with van der Waals surface area (Å²) in [4.78, 5) is 38.8. The number of nitrogens with one attached hydrogen (secondary N) is 2. The summed E-state index contributed by atoms with van der Waals surface area (Å²) >= 11 is 5.96. The zero-order valence-corrected chi connectivity index (χ0v) is 26.2. The minimum Gasteiger partial charge on any atom is -0.493 e. The first-order chi connectivity index (χ1) is 22.4. The van der Waals surface area contributed by atoms with Crippen molar-refractivity contribution in [2.45, 2.75) is 19.4 Å². The zero-order valence-electron chi connectivity index (χ0n) is 25.5. The summed E-state index contributed by atoms with van der Waals surface area (Å²) in [5.41, 5.74) is 3.26. The molecule has 240 valence electrons. The van der Waals surface area contributed by atoms with E-state index in [1.165, 1.54) is 24.0 Å². The predicted molar refractivity (Wildman–Crippen MR) is 175 cm³/mol. The number of halogens is 2. The van der Waals surface area contributed by atoms with Crippen LogP contribution in [-0.2, 0) is 11.3 Å². The molecule has 2 fully saturated rings. The number of carbonyl (C=O) groups excluding carboxylic acids is 2. The van der Waals surface area contributed by atoms with Gasteiger partial charge in [-0.25, -0.2) is 19.2 Å². The molecular weight excluding hydrogens is 613 g/mol. The molecule has 0 atom stereocenters. The van der Waals surface area contributed by atoms with E-state index in [4.69, 9.17) is 21.1 Å². The van der Waals surface area contributed by atoms with Gasteiger partial charge in [0.05, 0.1) is 24.3 Å². The van der Waals surface area contributed by atoms with Crippen molar-refractivity contribution >= 4 is 51.6 Å². The van der Waals surface area contributed by atoms with E-state index in [1.54, 1.807) is 18.1 Å². The standard InChI is InChI=1S/C33H35ClFN7O4/c1-45-29-19-28-25(32(37-21-36-28)38-23-5-8-27(35)26(34)17-23)18-30(29)46-16-2-10-40-12-14-41(15-13-40)20-22-3-6-24(7-4-22)42-11-9-31(43)39-33(42)44/h3-8,17-19,21H,2,9-16,20H2,1H3,(H,36,37,38)(H,39,43,44). The monoisotopic (exact) mass is 647 g/mol. The number of aromatic nitrogens is 2. The van der Waals surface area contributed by atoms with Gasteiger partial charge < -0.3 is 19.7 Å². The maximum absolute atomic E-state index is 13.6. The fourth-order valence-corrected chi connectivity index (χ4v) is 5.82. The molecule has 2 aliphatic heterocycles. The summed E-state index contributed by atoms with van der Waals surface area (Å²) in [6.07, 6.45) is 2.61. The molecule has 2 saturated heterocycles. The second-order valence-corrected chi connectivity index (χ2v) is 11.6. The van der Waals surface area contributed by atoms with Crippen molar-refractivity contribution in [1.29, 1.82) is 0 Å². The highest BCUT2D eigenvalue weighted by atomic mass is 35.5. The van der Waals surface area contributed by atoms with Gasteiger partial charge in [0.2, 0.25) is 5.91 Å². The number of benzene rings is 3. The Morgan fingerprint density at radius 3 is 2.48 bits per heavy atom. The second-order valence-electron chi connectivity index (χ2n) is 11.2. The molecule has 6 rings (SSSR count). The molecule has 1 aromatic heterocycles. The van der Waals surface area contributed by atoms with Crippen LogP contribution in [0.1, 0.15) is 18.4 Å². The Morgan fingerprint density at radius 1 is 0.957 bits per heavy atom. The average Bonchev–Trinajstić information content (AvgIpc) is 3.06. The van der Waals surface area contributed by atoms with Gasteiger partial charge in [-0.05, 0) is 48.4 Å². The van der Waals surface area contributed by atoms with Crippen LogP contribution in [-0.4, -0.2) is 84.7 Å². The summed E-state index contributed by atoms with van der Waals surface area (Å²) in [6.45, 7) is 6.55. The van der Waals surface area contributed by atoms with Gasteiger partial charge in [-0.3, -0.25) is 19.9 Å². The van der Waals surface area contributed by atoms with Gasteiger partial charge in [0, 0.05) is 75.1 Å². The normalized spacial score (nSPS) is 16.0. The first-order valence-corrected chi connectivity index (χ1v) is 15.6. The third-order valence-electron chi connectivity index (χ3n) is 8.15. The van der Waals surface area contributed by atoms with Gasteiger partial charge in [0.25, 0.3) is 0 Å². The first-order valence-electron chi connectivity index (χ1n) is 15.2. The molecule has 0 unspecified atom stereocenters. The number of hydrogen-bond acceptors (Lipinski definition) is 9. The van der Waals surface area contributed by atoms with E-state index in [0.29, 0.717) is 48.1 Å². The number of amides is 3. The topological polar surface area (TPSA) is 112 Å². The Kier molecular flexibility index (Phi) is 9.76. The molecule has 3 heterocycles. The second kappa shape index (κ2) is 14.3. The van der Waals surface area contributed by atoms with Gasteiger partial charge in [0.1, 0.15) is 18.0 Å². The van der Waals surface area contributed by atoms with Crippen molar-refractivity contribution in [3.05, 3.63) is 77.3 Å². The molecule has 0 spiro atoms. The highest BCUT2D eigenvalue weighted by Gasteiger charge is 2.24. The number of piperazine rings is 1. The predicted octanol–water partition coefficient (Wildman–Crippen LogP) is 5.21. The number of urea groups is 1. The molecule has 3 aromatic carbocycles. The molecule has 4 aromatic rings. The van der Waals surface area contributed by atoms with Gasteiger partial charge in [-0.15, -0.1) is 0 Å². The fourth-order valence-electron chi connectivity index (χ4n) is 5.64. The number of rotatable bonds is 11. The third-order valence-corrected chi connectivity index (χ3v) is 8.44. The lowest BCUT2D eigenvalue weighted by Crippen LogP contribution is -2.49. The van der Waals surface area contributed by atoms with Gasteiger partial charge in [0.15, 0.2) is 11.5 Å². The zero-order chi connectivity index (χ0) is 32.0. The number of carbonyl (C=O) groups is 2. The van der Waals surface area contributed by atoms with Crippen LogP contribution in [0.4, 0.5) is 26.4 Å². The van der Waals surface area contributed by atoms with Crippen molar-refractivity contribution in [3.8, 4) is 11.5 Å². The average molecular weight is 648 g/mol. The van der Waals surface area contributed by atoms with Crippen LogP contribution in [0.5, 0.6) is 11.5 Å². The number of ether oxygens (including phenoxy) is 2. The number of fused-ring (bicyclic) bond motifs is 1. The van der Waals surface area contributed by atoms with Crippen molar-refractivity contribution in [2.24, 2.45) is 0 Å². The largest absolute Gasteiger partial charge is 0.493 e. The van der Waals surface area contributed by atoms with Crippen molar-refractivity contribution in [2.75, 3.05) is 63.2 Å². The molecule has 0 bridgehead atoms. The summed E-state index contributed by atoms with van der Waals surface area (Å²) in [5, 5.41) is 6.31. The van der Waals surface area contributed by atoms with E-state index >= 15 is 0 Å². The molecule has 0 aliphatic carbocycles. The lowest BCUT2D eigenvalue weighted by Gasteiger charge is -2.34. The number of nitrogens with zero attached hydrogens (tertiary/aromatic N) is 5. The molecule has 2 N–H and O–H groups in total. The van der Waals surface area contributed by atoms with Crippen molar-refractivity contribution < 1.29 is 23.5 Å². The molecular formula is C33H35ClFN7O4. The van der Waals surface area contributed by atoms with Crippen LogP contribution < -0.4 is 25.0 Å². The summed E-state index contributed by atoms with van der Waals surface area (Å²) in [5.74, 6) is 0.995. The van der Waals surface area contributed by atoms with Crippen LogP contribution in [0.3, 0.4) is 0 Å². The lowest BCUT2D eigenvalue weighted by molar-refractivity contribution is -0.120. The maximum atomic E-state index is 13.6. The van der Waals surface area contributed by atoms with Crippen LogP contribution in [0.2, 0.25) is 5.02 Å². The Morgan fingerprint density at radius 2 is 1.74 bits per heavy atom. The van der Waals surface area contributed by atoms with Crippen molar-refractivity contribution in [1.82, 2.24) is 25.1 Å². The van der Waals surface area contributed by atoms with Crippen LogP contribution >= 0.6 is 11.6 Å². The Hall–Kier alpha value is -4.52. The minimum absolute atomic E-state index is 0.0207. The van der Waals surface area contributed by atoms with E-state index in [2.05, 4.69) is 30.4 Å². The van der Waals surface area contributed by atoms with E-state index in [9.17, 15) is 14.0 Å². The van der Waals surface area contributed by atoms with E-state index in [-0.39, 0.29) is 17.0 Å². The molecule has 2 aliphatic rings. The van der Waals surface area contributed by atoms with Crippen molar-refractivity contribution in [3.63, 3.8) is 0 Å². The number of hydrogen-bond donors (Lipinski definition) is 2. The molecule has 46 heavy (non-hydrogen) atoms. The molecule has 0 radical (unpaired) electrons. The Labute approximate surface area is 271 Å².